The minimum absolute atomic E-state index is 0.0434. The number of para-hydroxylation sites is 1. The van der Waals surface area contributed by atoms with Crippen LogP contribution in [0.3, 0.4) is 0 Å². The van der Waals surface area contributed by atoms with Crippen molar-refractivity contribution in [3.05, 3.63) is 72.2 Å². The van der Waals surface area contributed by atoms with Gasteiger partial charge in [-0.1, -0.05) is 18.2 Å². The fourth-order valence-corrected chi connectivity index (χ4v) is 5.89. The van der Waals surface area contributed by atoms with E-state index in [1.165, 1.54) is 37.2 Å². The Morgan fingerprint density at radius 3 is 2.41 bits per heavy atom. The number of halogens is 1. The van der Waals surface area contributed by atoms with Crippen LogP contribution in [0, 0.1) is 5.82 Å². The Hall–Kier alpha value is -3.90. The van der Waals surface area contributed by atoms with Crippen LogP contribution in [0.4, 0.5) is 10.3 Å². The highest BCUT2D eigenvalue weighted by Crippen LogP contribution is 2.38. The molecule has 1 aliphatic rings. The molecule has 12 heteroatoms. The Kier molecular flexibility index (Phi) is 6.85. The second-order valence-electron chi connectivity index (χ2n) is 8.58. The van der Waals surface area contributed by atoms with Gasteiger partial charge >= 0.3 is 0 Å². The van der Waals surface area contributed by atoms with Gasteiger partial charge in [-0.3, -0.25) is 9.29 Å². The van der Waals surface area contributed by atoms with Crippen LogP contribution in [0.5, 0.6) is 11.5 Å². The van der Waals surface area contributed by atoms with Crippen LogP contribution in [-0.2, 0) is 10.0 Å². The highest BCUT2D eigenvalue weighted by molar-refractivity contribution is 7.93. The quantitative estimate of drug-likeness (QED) is 0.357. The van der Waals surface area contributed by atoms with E-state index in [1.807, 2.05) is 0 Å². The van der Waals surface area contributed by atoms with E-state index in [2.05, 4.69) is 20.2 Å². The fraction of sp³-hybridized carbons (Fsp3) is 0.280. The second-order valence-corrected chi connectivity index (χ2v) is 10.5. The summed E-state index contributed by atoms with van der Waals surface area (Å²) in [6.07, 6.45) is 1.84. The third-order valence-corrected chi connectivity index (χ3v) is 8.06. The first-order chi connectivity index (χ1) is 17.9. The number of nitrogens with zero attached hydrogens (tertiary/aromatic N) is 3. The Morgan fingerprint density at radius 2 is 1.76 bits per heavy atom. The van der Waals surface area contributed by atoms with E-state index in [0.717, 1.165) is 5.56 Å². The van der Waals surface area contributed by atoms with Gasteiger partial charge in [-0.25, -0.2) is 12.8 Å². The third-order valence-electron chi connectivity index (χ3n) is 6.35. The largest absolute Gasteiger partial charge is 0.494 e. The number of nitrogens with one attached hydrogen (secondary N) is 2. The lowest BCUT2D eigenvalue weighted by Crippen LogP contribution is -2.44. The molecule has 0 amide bonds. The lowest BCUT2D eigenvalue weighted by Gasteiger charge is -2.30. The lowest BCUT2D eigenvalue weighted by atomic mass is 9.91. The molecule has 2 atom stereocenters. The molecule has 1 saturated heterocycles. The topological polar surface area (TPSA) is 121 Å². The number of piperidine rings is 1. The normalized spacial score (nSPS) is 17.9. The molecule has 0 unspecified atom stereocenters. The first-order valence-corrected chi connectivity index (χ1v) is 13.1. The molecule has 5 rings (SSSR count). The van der Waals surface area contributed by atoms with Crippen molar-refractivity contribution in [2.45, 2.75) is 17.6 Å². The molecule has 1 aliphatic heterocycles. The van der Waals surface area contributed by atoms with E-state index in [4.69, 9.17) is 13.9 Å². The molecule has 0 aliphatic carbocycles. The van der Waals surface area contributed by atoms with Crippen molar-refractivity contribution in [3.8, 4) is 28.8 Å². The number of methoxy groups -OCH3 is 2. The van der Waals surface area contributed by atoms with Crippen molar-refractivity contribution in [3.63, 3.8) is 0 Å². The summed E-state index contributed by atoms with van der Waals surface area (Å²) in [5, 5.41) is 10.8. The minimum atomic E-state index is -3.93. The van der Waals surface area contributed by atoms with Crippen LogP contribution >= 0.6 is 0 Å². The Balaban J connectivity index is 1.52. The number of benzene rings is 2. The predicted octanol–water partition coefficient (Wildman–Crippen LogP) is 3.57. The summed E-state index contributed by atoms with van der Waals surface area (Å²) in [5.41, 5.74) is 1.28. The van der Waals surface area contributed by atoms with Crippen LogP contribution in [0.1, 0.15) is 17.9 Å². The van der Waals surface area contributed by atoms with Gasteiger partial charge < -0.3 is 19.2 Å². The number of sulfonamides is 1. The smallest absolute Gasteiger partial charge is 0.243 e. The monoisotopic (exact) mass is 527 g/mol. The molecule has 0 spiro atoms. The van der Waals surface area contributed by atoms with E-state index in [-0.39, 0.29) is 30.1 Å². The van der Waals surface area contributed by atoms with Crippen LogP contribution in [-0.4, -0.2) is 55.7 Å². The van der Waals surface area contributed by atoms with Crippen molar-refractivity contribution in [1.29, 1.82) is 0 Å². The first kappa shape index (κ1) is 24.8. The zero-order valence-electron chi connectivity index (χ0n) is 20.2. The Morgan fingerprint density at radius 1 is 1.03 bits per heavy atom. The molecule has 194 valence electrons. The number of aromatic nitrogens is 3. The first-order valence-electron chi connectivity index (χ1n) is 11.6. The molecule has 2 N–H and O–H groups in total. The van der Waals surface area contributed by atoms with Crippen molar-refractivity contribution in [2.24, 2.45) is 0 Å². The number of ether oxygens (including phenoxy) is 2. The molecule has 10 nitrogen and oxygen atoms in total. The van der Waals surface area contributed by atoms with Crippen molar-refractivity contribution >= 4 is 16.0 Å². The summed E-state index contributed by atoms with van der Waals surface area (Å²) >= 11 is 0. The summed E-state index contributed by atoms with van der Waals surface area (Å²) < 4.78 is 61.4. The van der Waals surface area contributed by atoms with Gasteiger partial charge in [0.1, 0.15) is 23.0 Å². The van der Waals surface area contributed by atoms with Gasteiger partial charge in [0.15, 0.2) is 5.76 Å². The van der Waals surface area contributed by atoms with Crippen molar-refractivity contribution in [2.75, 3.05) is 32.0 Å². The van der Waals surface area contributed by atoms with Crippen LogP contribution in [0.25, 0.3) is 17.3 Å². The average Bonchev–Trinajstić information content (AvgIpc) is 3.58. The summed E-state index contributed by atoms with van der Waals surface area (Å²) in [5.74, 6) is 1.00. The molecule has 4 aromatic rings. The highest BCUT2D eigenvalue weighted by Gasteiger charge is 2.34. The molecule has 0 radical (unpaired) electrons. The molecule has 0 saturated carbocycles. The predicted molar refractivity (Wildman–Crippen MR) is 135 cm³/mol. The molecule has 1 fully saturated rings. The summed E-state index contributed by atoms with van der Waals surface area (Å²) in [6, 6.07) is 14.7. The van der Waals surface area contributed by atoms with E-state index in [1.54, 1.807) is 42.5 Å². The Bertz CT molecular complexity index is 1450. The number of furan rings is 1. The van der Waals surface area contributed by atoms with Crippen molar-refractivity contribution in [1.82, 2.24) is 20.1 Å². The fourth-order valence-electron chi connectivity index (χ4n) is 4.52. The summed E-state index contributed by atoms with van der Waals surface area (Å²) in [4.78, 5) is 0. The maximum Gasteiger partial charge on any atom is 0.243 e. The van der Waals surface area contributed by atoms with Crippen molar-refractivity contribution < 1.29 is 26.7 Å². The zero-order chi connectivity index (χ0) is 26.0. The number of hydrogen-bond donors (Lipinski definition) is 2. The van der Waals surface area contributed by atoms with Gasteiger partial charge in [0.05, 0.1) is 25.7 Å². The van der Waals surface area contributed by atoms with Crippen LogP contribution in [0.2, 0.25) is 0 Å². The standard InChI is InChI=1S/C25H26FN5O5S/c1-34-20-5-3-6-21(35-2)23(20)31-24(22-7-4-12-36-22)28-29-25(31)30-37(32,33)19-13-17(14-27-15-19)16-8-10-18(26)11-9-16/h3-12,17,19,27H,13-15H2,1-2H3,(H,29,30)/t17-,19-/m1/s1. The van der Waals surface area contributed by atoms with Gasteiger partial charge in [0.25, 0.3) is 0 Å². The van der Waals surface area contributed by atoms with E-state index >= 15 is 0 Å². The van der Waals surface area contributed by atoms with E-state index < -0.39 is 15.3 Å². The van der Waals surface area contributed by atoms with Gasteiger partial charge in [0, 0.05) is 13.1 Å². The molecular formula is C25H26FN5O5S. The number of anilines is 1. The van der Waals surface area contributed by atoms with Gasteiger partial charge in [0.2, 0.25) is 21.8 Å². The van der Waals surface area contributed by atoms with Crippen LogP contribution < -0.4 is 19.5 Å². The highest BCUT2D eigenvalue weighted by atomic mass is 32.2. The number of hydrogen-bond acceptors (Lipinski definition) is 8. The maximum absolute atomic E-state index is 13.6. The molecule has 3 heterocycles. The second kappa shape index (κ2) is 10.2. The molecule has 37 heavy (non-hydrogen) atoms. The molecular weight excluding hydrogens is 501 g/mol. The van der Waals surface area contributed by atoms with Crippen LogP contribution in [0.15, 0.2) is 65.3 Å². The Labute approximate surface area is 213 Å². The summed E-state index contributed by atoms with van der Waals surface area (Å²) in [6.45, 7) is 0.846. The summed E-state index contributed by atoms with van der Waals surface area (Å²) in [7, 11) is -0.928. The van der Waals surface area contributed by atoms with Gasteiger partial charge in [-0.05, 0) is 54.3 Å². The zero-order valence-corrected chi connectivity index (χ0v) is 21.0. The van der Waals surface area contributed by atoms with E-state index in [0.29, 0.717) is 35.9 Å². The maximum atomic E-state index is 13.6. The van der Waals surface area contributed by atoms with Gasteiger partial charge in [-0.2, -0.15) is 0 Å². The SMILES string of the molecule is COc1cccc(OC)c1-n1c(NS(=O)(=O)[C@H]2CNC[C@H](c3ccc(F)cc3)C2)nnc1-c1ccco1. The molecule has 2 aromatic heterocycles. The molecule has 0 bridgehead atoms. The third kappa shape index (κ3) is 4.89. The number of rotatable bonds is 8. The van der Waals surface area contributed by atoms with Gasteiger partial charge in [-0.15, -0.1) is 10.2 Å². The average molecular weight is 528 g/mol. The minimum Gasteiger partial charge on any atom is -0.494 e. The lowest BCUT2D eigenvalue weighted by molar-refractivity contribution is 0.391. The van der Waals surface area contributed by atoms with E-state index in [9.17, 15) is 12.8 Å². The molecule has 2 aromatic carbocycles.